The quantitative estimate of drug-likeness (QED) is 0.544. The van der Waals surface area contributed by atoms with Crippen LogP contribution in [0.1, 0.15) is 6.92 Å². The van der Waals surface area contributed by atoms with Crippen molar-refractivity contribution in [2.45, 2.75) is 18.6 Å². The van der Waals surface area contributed by atoms with Crippen molar-refractivity contribution in [1.82, 2.24) is 10.2 Å². The summed E-state index contributed by atoms with van der Waals surface area (Å²) in [7, 11) is 0. The SMILES string of the molecule is CC1(O)CN(C(=O)C2CNCCO2)C1. The molecule has 0 bridgehead atoms. The molecule has 1 atom stereocenters. The van der Waals surface area contributed by atoms with Crippen LogP contribution in [-0.4, -0.2) is 60.4 Å². The summed E-state index contributed by atoms with van der Waals surface area (Å²) in [6.45, 7) is 4.55. The minimum absolute atomic E-state index is 0.0104. The molecule has 5 heteroatoms. The molecule has 80 valence electrons. The number of carbonyl (C=O) groups is 1. The number of nitrogens with zero attached hydrogens (tertiary/aromatic N) is 1. The lowest BCUT2D eigenvalue weighted by Gasteiger charge is -2.45. The third-order valence-electron chi connectivity index (χ3n) is 2.58. The van der Waals surface area contributed by atoms with Crippen molar-refractivity contribution in [1.29, 1.82) is 0 Å². The zero-order valence-electron chi connectivity index (χ0n) is 8.32. The van der Waals surface area contributed by atoms with E-state index < -0.39 is 5.60 Å². The Balaban J connectivity index is 1.84. The van der Waals surface area contributed by atoms with Gasteiger partial charge in [-0.15, -0.1) is 0 Å². The van der Waals surface area contributed by atoms with Gasteiger partial charge in [0, 0.05) is 13.1 Å². The van der Waals surface area contributed by atoms with Gasteiger partial charge in [-0.1, -0.05) is 0 Å². The Bertz CT molecular complexity index is 228. The molecule has 5 nitrogen and oxygen atoms in total. The fourth-order valence-electron chi connectivity index (χ4n) is 1.86. The number of amides is 1. The van der Waals surface area contributed by atoms with Crippen LogP contribution in [0.2, 0.25) is 0 Å². The van der Waals surface area contributed by atoms with Gasteiger partial charge in [-0.2, -0.15) is 0 Å². The van der Waals surface area contributed by atoms with E-state index in [0.29, 0.717) is 26.2 Å². The van der Waals surface area contributed by atoms with Gasteiger partial charge in [0.05, 0.1) is 25.3 Å². The molecular formula is C9H16N2O3. The van der Waals surface area contributed by atoms with Gasteiger partial charge in [0.2, 0.25) is 0 Å². The molecule has 2 saturated heterocycles. The maximum atomic E-state index is 11.7. The molecule has 1 amide bonds. The highest BCUT2D eigenvalue weighted by atomic mass is 16.5. The molecule has 2 heterocycles. The van der Waals surface area contributed by atoms with E-state index in [1.54, 1.807) is 11.8 Å². The van der Waals surface area contributed by atoms with Crippen LogP contribution in [0.4, 0.5) is 0 Å². The Morgan fingerprint density at radius 1 is 1.64 bits per heavy atom. The number of β-amino-alcohol motifs (C(OH)–C–C–N with tert-alkyl or cyclic N) is 1. The maximum Gasteiger partial charge on any atom is 0.253 e. The summed E-state index contributed by atoms with van der Waals surface area (Å²) in [5.41, 5.74) is -0.697. The van der Waals surface area contributed by atoms with Gasteiger partial charge < -0.3 is 20.1 Å². The summed E-state index contributed by atoms with van der Waals surface area (Å²) in [5.74, 6) is -0.0104. The minimum Gasteiger partial charge on any atom is -0.386 e. The van der Waals surface area contributed by atoms with Gasteiger partial charge in [-0.25, -0.2) is 0 Å². The molecule has 0 aromatic heterocycles. The van der Waals surface area contributed by atoms with E-state index in [2.05, 4.69) is 5.32 Å². The van der Waals surface area contributed by atoms with Gasteiger partial charge in [0.15, 0.2) is 0 Å². The van der Waals surface area contributed by atoms with Gasteiger partial charge in [0.1, 0.15) is 6.10 Å². The fourth-order valence-corrected chi connectivity index (χ4v) is 1.86. The molecule has 2 rings (SSSR count). The number of hydrogen-bond acceptors (Lipinski definition) is 4. The zero-order valence-corrected chi connectivity index (χ0v) is 8.32. The Morgan fingerprint density at radius 3 is 2.86 bits per heavy atom. The van der Waals surface area contributed by atoms with Crippen molar-refractivity contribution in [3.8, 4) is 0 Å². The number of nitrogens with one attached hydrogen (secondary N) is 1. The summed E-state index contributed by atoms with van der Waals surface area (Å²) < 4.78 is 5.33. The van der Waals surface area contributed by atoms with Crippen molar-refractivity contribution in [3.63, 3.8) is 0 Å². The molecule has 2 fully saturated rings. The van der Waals surface area contributed by atoms with Crippen LogP contribution < -0.4 is 5.32 Å². The average Bonchev–Trinajstić information content (AvgIpc) is 2.14. The summed E-state index contributed by atoms with van der Waals surface area (Å²) >= 11 is 0. The van der Waals surface area contributed by atoms with Crippen molar-refractivity contribution in [2.75, 3.05) is 32.8 Å². The van der Waals surface area contributed by atoms with Crippen LogP contribution in [0.5, 0.6) is 0 Å². The Labute approximate surface area is 83.0 Å². The number of morpholine rings is 1. The normalized spacial score (nSPS) is 31.0. The van der Waals surface area contributed by atoms with E-state index in [9.17, 15) is 9.90 Å². The summed E-state index contributed by atoms with van der Waals surface area (Å²) in [6.07, 6.45) is -0.361. The van der Waals surface area contributed by atoms with Gasteiger partial charge in [-0.05, 0) is 6.92 Å². The summed E-state index contributed by atoms with van der Waals surface area (Å²) in [5, 5.41) is 12.6. The van der Waals surface area contributed by atoms with Gasteiger partial charge in [-0.3, -0.25) is 4.79 Å². The van der Waals surface area contributed by atoms with Crippen molar-refractivity contribution in [2.24, 2.45) is 0 Å². The number of hydrogen-bond donors (Lipinski definition) is 2. The maximum absolute atomic E-state index is 11.7. The third-order valence-corrected chi connectivity index (χ3v) is 2.58. The first-order valence-electron chi connectivity index (χ1n) is 4.92. The molecule has 14 heavy (non-hydrogen) atoms. The predicted octanol–water partition coefficient (Wildman–Crippen LogP) is -1.43. The second-order valence-electron chi connectivity index (χ2n) is 4.25. The van der Waals surface area contributed by atoms with Crippen molar-refractivity contribution < 1.29 is 14.6 Å². The molecule has 0 spiro atoms. The molecule has 0 radical (unpaired) electrons. The van der Waals surface area contributed by atoms with Crippen LogP contribution in [0, 0.1) is 0 Å². The third kappa shape index (κ3) is 1.89. The van der Waals surface area contributed by atoms with E-state index in [4.69, 9.17) is 4.74 Å². The molecule has 2 aliphatic heterocycles. The van der Waals surface area contributed by atoms with Crippen LogP contribution in [0.15, 0.2) is 0 Å². The molecule has 2 aliphatic rings. The lowest BCUT2D eigenvalue weighted by molar-refractivity contribution is -0.165. The van der Waals surface area contributed by atoms with E-state index in [0.717, 1.165) is 6.54 Å². The Hall–Kier alpha value is -0.650. The fraction of sp³-hybridized carbons (Fsp3) is 0.889. The second kappa shape index (κ2) is 3.49. The molecule has 1 unspecified atom stereocenters. The van der Waals surface area contributed by atoms with E-state index >= 15 is 0 Å². The van der Waals surface area contributed by atoms with Crippen LogP contribution >= 0.6 is 0 Å². The molecule has 0 aromatic rings. The number of rotatable bonds is 1. The van der Waals surface area contributed by atoms with Crippen molar-refractivity contribution >= 4 is 5.91 Å². The van der Waals surface area contributed by atoms with Gasteiger partial charge in [0.25, 0.3) is 5.91 Å². The van der Waals surface area contributed by atoms with Crippen LogP contribution in [0.3, 0.4) is 0 Å². The number of ether oxygens (including phenoxy) is 1. The predicted molar refractivity (Wildman–Crippen MR) is 49.8 cm³/mol. The molecule has 0 saturated carbocycles. The zero-order chi connectivity index (χ0) is 10.2. The van der Waals surface area contributed by atoms with Crippen molar-refractivity contribution in [3.05, 3.63) is 0 Å². The topological polar surface area (TPSA) is 61.8 Å². The number of likely N-dealkylation sites (tertiary alicyclic amines) is 1. The Kier molecular flexibility index (Phi) is 2.47. The minimum atomic E-state index is -0.697. The molecule has 0 aliphatic carbocycles. The summed E-state index contributed by atoms with van der Waals surface area (Å²) in [4.78, 5) is 13.4. The molecule has 2 N–H and O–H groups in total. The molecular weight excluding hydrogens is 184 g/mol. The highest BCUT2D eigenvalue weighted by Crippen LogP contribution is 2.21. The van der Waals surface area contributed by atoms with E-state index in [1.807, 2.05) is 0 Å². The highest BCUT2D eigenvalue weighted by Gasteiger charge is 2.42. The Morgan fingerprint density at radius 2 is 2.36 bits per heavy atom. The largest absolute Gasteiger partial charge is 0.386 e. The van der Waals surface area contributed by atoms with Gasteiger partial charge >= 0.3 is 0 Å². The van der Waals surface area contributed by atoms with Crippen LogP contribution in [-0.2, 0) is 9.53 Å². The average molecular weight is 200 g/mol. The first kappa shape index (κ1) is 9.89. The highest BCUT2D eigenvalue weighted by molar-refractivity contribution is 5.82. The lowest BCUT2D eigenvalue weighted by Crippen LogP contribution is -2.65. The number of carbonyl (C=O) groups excluding carboxylic acids is 1. The second-order valence-corrected chi connectivity index (χ2v) is 4.25. The van der Waals surface area contributed by atoms with E-state index in [1.165, 1.54) is 0 Å². The molecule has 0 aromatic carbocycles. The standard InChI is InChI=1S/C9H16N2O3/c1-9(13)5-11(6-9)8(12)7-4-10-2-3-14-7/h7,10,13H,2-6H2,1H3. The first-order chi connectivity index (χ1) is 6.58. The number of aliphatic hydroxyl groups is 1. The first-order valence-corrected chi connectivity index (χ1v) is 4.92. The smallest absolute Gasteiger partial charge is 0.253 e. The lowest BCUT2D eigenvalue weighted by atomic mass is 9.96. The monoisotopic (exact) mass is 200 g/mol. The van der Waals surface area contributed by atoms with Crippen LogP contribution in [0.25, 0.3) is 0 Å². The van der Waals surface area contributed by atoms with E-state index in [-0.39, 0.29) is 12.0 Å². The summed E-state index contributed by atoms with van der Waals surface area (Å²) in [6, 6.07) is 0.